The van der Waals surface area contributed by atoms with E-state index in [9.17, 15) is 9.90 Å². The lowest BCUT2D eigenvalue weighted by molar-refractivity contribution is 0.0702. The number of hydrogen-bond acceptors (Lipinski definition) is 4. The molecule has 0 fully saturated rings. The lowest BCUT2D eigenvalue weighted by atomic mass is 10.0. The van der Waals surface area contributed by atoms with Crippen LogP contribution in [0.3, 0.4) is 0 Å². The summed E-state index contributed by atoms with van der Waals surface area (Å²) >= 11 is 1.15. The zero-order chi connectivity index (χ0) is 15.7. The Balaban J connectivity index is 2.16. The highest BCUT2D eigenvalue weighted by Crippen LogP contribution is 2.33. The Morgan fingerprint density at radius 2 is 1.95 bits per heavy atom. The van der Waals surface area contributed by atoms with Gasteiger partial charge in [-0.1, -0.05) is 18.2 Å². The largest absolute Gasteiger partial charge is 0.477 e. The Hall–Kier alpha value is -2.53. The molecule has 4 nitrogen and oxygen atoms in total. The second-order valence-electron chi connectivity index (χ2n) is 5.02. The maximum atomic E-state index is 11.5. The summed E-state index contributed by atoms with van der Waals surface area (Å²) in [5.41, 5.74) is 4.28. The molecule has 3 rings (SSSR count). The molecule has 0 aliphatic heterocycles. The van der Waals surface area contributed by atoms with Crippen molar-refractivity contribution in [3.63, 3.8) is 0 Å². The third kappa shape index (κ3) is 2.63. The fourth-order valence-electron chi connectivity index (χ4n) is 2.15. The van der Waals surface area contributed by atoms with Crippen LogP contribution < -0.4 is 0 Å². The predicted octanol–water partition coefficient (Wildman–Crippen LogP) is 4.19. The molecule has 3 aromatic rings. The molecule has 1 N–H and O–H groups in total. The lowest BCUT2D eigenvalue weighted by Crippen LogP contribution is -1.96. The van der Waals surface area contributed by atoms with Gasteiger partial charge in [-0.2, -0.15) is 0 Å². The molecule has 2 aromatic heterocycles. The van der Waals surface area contributed by atoms with Gasteiger partial charge in [0.05, 0.1) is 11.4 Å². The van der Waals surface area contributed by atoms with E-state index in [2.05, 4.69) is 9.97 Å². The van der Waals surface area contributed by atoms with Crippen molar-refractivity contribution in [1.29, 1.82) is 0 Å². The number of carbonyl (C=O) groups is 1. The van der Waals surface area contributed by atoms with Gasteiger partial charge in [0.25, 0.3) is 0 Å². The van der Waals surface area contributed by atoms with Crippen LogP contribution in [0.2, 0.25) is 0 Å². The van der Waals surface area contributed by atoms with Crippen molar-refractivity contribution >= 4 is 17.3 Å². The first kappa shape index (κ1) is 14.4. The molecule has 0 unspecified atom stereocenters. The third-order valence-corrected chi connectivity index (χ3v) is 4.55. The van der Waals surface area contributed by atoms with E-state index < -0.39 is 5.97 Å². The quantitative estimate of drug-likeness (QED) is 0.788. The molecule has 110 valence electrons. The molecule has 0 bridgehead atoms. The van der Waals surface area contributed by atoms with Gasteiger partial charge < -0.3 is 5.11 Å². The van der Waals surface area contributed by atoms with Gasteiger partial charge in [-0.25, -0.2) is 9.78 Å². The summed E-state index contributed by atoms with van der Waals surface area (Å²) in [4.78, 5) is 20.5. The zero-order valence-corrected chi connectivity index (χ0v) is 13.0. The molecule has 0 atom stereocenters. The van der Waals surface area contributed by atoms with Crippen LogP contribution in [0.25, 0.3) is 22.0 Å². The second kappa shape index (κ2) is 5.69. The third-order valence-electron chi connectivity index (χ3n) is 3.49. The SMILES string of the molecule is Cc1ccc(-c2nc(-c3ccccn3)sc2C(=O)O)cc1C. The summed E-state index contributed by atoms with van der Waals surface area (Å²) in [6.07, 6.45) is 1.67. The van der Waals surface area contributed by atoms with Gasteiger partial charge in [-0.05, 0) is 43.2 Å². The molecule has 1 aromatic carbocycles. The maximum absolute atomic E-state index is 11.5. The van der Waals surface area contributed by atoms with Gasteiger partial charge >= 0.3 is 5.97 Å². The molecule has 2 heterocycles. The summed E-state index contributed by atoms with van der Waals surface area (Å²) in [7, 11) is 0. The molecular formula is C17H14N2O2S. The van der Waals surface area contributed by atoms with Crippen molar-refractivity contribution in [3.05, 3.63) is 58.6 Å². The Labute approximate surface area is 132 Å². The van der Waals surface area contributed by atoms with Crippen molar-refractivity contribution in [3.8, 4) is 22.0 Å². The van der Waals surface area contributed by atoms with E-state index in [0.29, 0.717) is 16.4 Å². The normalized spacial score (nSPS) is 10.6. The highest BCUT2D eigenvalue weighted by atomic mass is 32.1. The molecular weight excluding hydrogens is 296 g/mol. The van der Waals surface area contributed by atoms with Gasteiger partial charge in [0.1, 0.15) is 9.88 Å². The van der Waals surface area contributed by atoms with E-state index >= 15 is 0 Å². The first-order valence-electron chi connectivity index (χ1n) is 6.79. The minimum absolute atomic E-state index is 0.240. The number of aryl methyl sites for hydroxylation is 2. The number of carboxylic acid groups (broad SMARTS) is 1. The van der Waals surface area contributed by atoms with Crippen LogP contribution in [0.15, 0.2) is 42.6 Å². The summed E-state index contributed by atoms with van der Waals surface area (Å²) in [6.45, 7) is 4.03. The van der Waals surface area contributed by atoms with E-state index in [1.54, 1.807) is 6.20 Å². The molecule has 0 amide bonds. The van der Waals surface area contributed by atoms with Crippen molar-refractivity contribution < 1.29 is 9.90 Å². The Morgan fingerprint density at radius 1 is 1.14 bits per heavy atom. The first-order chi connectivity index (χ1) is 10.6. The van der Waals surface area contributed by atoms with Gasteiger partial charge in [-0.15, -0.1) is 11.3 Å². The average molecular weight is 310 g/mol. The van der Waals surface area contributed by atoms with Crippen LogP contribution in [0.4, 0.5) is 0 Å². The standard InChI is InChI=1S/C17H14N2O2S/c1-10-6-7-12(9-11(10)2)14-15(17(20)21)22-16(19-14)13-5-3-4-8-18-13/h3-9H,1-2H3,(H,20,21). The van der Waals surface area contributed by atoms with Crippen molar-refractivity contribution in [2.24, 2.45) is 0 Å². The average Bonchev–Trinajstić information content (AvgIpc) is 2.96. The van der Waals surface area contributed by atoms with Crippen molar-refractivity contribution in [1.82, 2.24) is 9.97 Å². The number of thiazole rings is 1. The number of aromatic carboxylic acids is 1. The topological polar surface area (TPSA) is 63.1 Å². The Morgan fingerprint density at radius 3 is 2.59 bits per heavy atom. The molecule has 0 aliphatic carbocycles. The maximum Gasteiger partial charge on any atom is 0.348 e. The summed E-state index contributed by atoms with van der Waals surface area (Å²) in [6, 6.07) is 11.4. The van der Waals surface area contributed by atoms with Gasteiger partial charge in [-0.3, -0.25) is 4.98 Å². The fraction of sp³-hybridized carbons (Fsp3) is 0.118. The predicted molar refractivity (Wildman–Crippen MR) is 87.2 cm³/mol. The van der Waals surface area contributed by atoms with E-state index in [-0.39, 0.29) is 4.88 Å². The van der Waals surface area contributed by atoms with E-state index in [4.69, 9.17) is 0 Å². The molecule has 5 heteroatoms. The minimum atomic E-state index is -0.965. The lowest BCUT2D eigenvalue weighted by Gasteiger charge is -2.03. The summed E-state index contributed by atoms with van der Waals surface area (Å²) in [5, 5.41) is 10.1. The molecule has 0 radical (unpaired) electrons. The van der Waals surface area contributed by atoms with Gasteiger partial charge in [0.2, 0.25) is 0 Å². The molecule has 0 saturated carbocycles. The second-order valence-corrected chi connectivity index (χ2v) is 6.01. The number of carboxylic acids is 1. The number of hydrogen-bond donors (Lipinski definition) is 1. The molecule has 0 saturated heterocycles. The van der Waals surface area contributed by atoms with Crippen LogP contribution in [0.1, 0.15) is 20.8 Å². The fourth-order valence-corrected chi connectivity index (χ4v) is 3.05. The van der Waals surface area contributed by atoms with Crippen LogP contribution in [0, 0.1) is 13.8 Å². The number of pyridine rings is 1. The Kier molecular flexibility index (Phi) is 3.73. The van der Waals surface area contributed by atoms with Crippen LogP contribution in [0.5, 0.6) is 0 Å². The summed E-state index contributed by atoms with van der Waals surface area (Å²) in [5.74, 6) is -0.965. The smallest absolute Gasteiger partial charge is 0.348 e. The van der Waals surface area contributed by atoms with E-state index in [0.717, 1.165) is 22.5 Å². The van der Waals surface area contributed by atoms with Crippen molar-refractivity contribution in [2.75, 3.05) is 0 Å². The minimum Gasteiger partial charge on any atom is -0.477 e. The highest BCUT2D eigenvalue weighted by Gasteiger charge is 2.20. The molecule has 0 aliphatic rings. The number of aromatic nitrogens is 2. The van der Waals surface area contributed by atoms with E-state index in [1.807, 2.05) is 50.2 Å². The van der Waals surface area contributed by atoms with Crippen molar-refractivity contribution in [2.45, 2.75) is 13.8 Å². The highest BCUT2D eigenvalue weighted by molar-refractivity contribution is 7.17. The van der Waals surface area contributed by atoms with Gasteiger partial charge in [0, 0.05) is 11.8 Å². The number of rotatable bonds is 3. The van der Waals surface area contributed by atoms with Crippen LogP contribution in [-0.2, 0) is 0 Å². The summed E-state index contributed by atoms with van der Waals surface area (Å²) < 4.78 is 0. The zero-order valence-electron chi connectivity index (χ0n) is 12.2. The van der Waals surface area contributed by atoms with E-state index in [1.165, 1.54) is 5.56 Å². The monoisotopic (exact) mass is 310 g/mol. The number of benzene rings is 1. The Bertz CT molecular complexity index is 841. The molecule has 0 spiro atoms. The molecule has 22 heavy (non-hydrogen) atoms. The van der Waals surface area contributed by atoms with Gasteiger partial charge in [0.15, 0.2) is 0 Å². The van der Waals surface area contributed by atoms with Crippen LogP contribution >= 0.6 is 11.3 Å². The first-order valence-corrected chi connectivity index (χ1v) is 7.61. The van der Waals surface area contributed by atoms with Crippen LogP contribution in [-0.4, -0.2) is 21.0 Å². The number of nitrogens with zero attached hydrogens (tertiary/aromatic N) is 2.